The fourth-order valence-electron chi connectivity index (χ4n) is 2.48. The molecular weight excluding hydrogens is 408 g/mol. The molecule has 0 aliphatic heterocycles. The Hall–Kier alpha value is -3.17. The largest absolute Gasteiger partial charge is 0.283 e. The number of benzene rings is 2. The van der Waals surface area contributed by atoms with Crippen molar-refractivity contribution in [2.75, 3.05) is 0 Å². The molecule has 7 nitrogen and oxygen atoms in total. The number of aromatic nitrogens is 1. The molecule has 1 aromatic heterocycles. The molecule has 29 heavy (non-hydrogen) atoms. The maximum absolute atomic E-state index is 11.7. The minimum Gasteiger partial charge on any atom is -0.258 e. The van der Waals surface area contributed by atoms with Crippen molar-refractivity contribution in [2.45, 2.75) is 23.6 Å². The highest BCUT2D eigenvalue weighted by molar-refractivity contribution is 7.99. The zero-order chi connectivity index (χ0) is 21.0. The first-order valence-electron chi connectivity index (χ1n) is 8.48. The van der Waals surface area contributed by atoms with Gasteiger partial charge in [0, 0.05) is 22.7 Å². The van der Waals surface area contributed by atoms with E-state index in [-0.39, 0.29) is 17.1 Å². The molecule has 0 amide bonds. The van der Waals surface area contributed by atoms with Crippen LogP contribution >= 0.6 is 23.1 Å². The van der Waals surface area contributed by atoms with Gasteiger partial charge < -0.3 is 0 Å². The summed E-state index contributed by atoms with van der Waals surface area (Å²) >= 11 is 2.54. The molecule has 0 radical (unpaired) electrons. The van der Waals surface area contributed by atoms with Gasteiger partial charge in [-0.1, -0.05) is 53.4 Å². The van der Waals surface area contributed by atoms with E-state index in [1.54, 1.807) is 25.3 Å². The first kappa shape index (κ1) is 20.6. The normalized spacial score (nSPS) is 11.0. The van der Waals surface area contributed by atoms with E-state index >= 15 is 0 Å². The Morgan fingerprint density at radius 3 is 2.62 bits per heavy atom. The predicted molar refractivity (Wildman–Crippen MR) is 118 cm³/mol. The van der Waals surface area contributed by atoms with Gasteiger partial charge in [0.25, 0.3) is 5.69 Å². The fraction of sp³-hybridized carbons (Fsp3) is 0.100. The van der Waals surface area contributed by atoms with Crippen LogP contribution in [0.15, 0.2) is 69.0 Å². The molecule has 0 N–H and O–H groups in total. The van der Waals surface area contributed by atoms with E-state index in [9.17, 15) is 15.0 Å². The average molecular weight is 425 g/mol. The minimum atomic E-state index is -0.411. The van der Waals surface area contributed by atoms with E-state index in [4.69, 9.17) is 0 Å². The van der Waals surface area contributed by atoms with E-state index in [0.29, 0.717) is 20.5 Å². The monoisotopic (exact) mass is 424 g/mol. The van der Waals surface area contributed by atoms with Gasteiger partial charge in [-0.05, 0) is 37.2 Å². The number of aliphatic imine (C=N–C) groups is 1. The van der Waals surface area contributed by atoms with Gasteiger partial charge in [0.1, 0.15) is 21.4 Å². The number of rotatable bonds is 7. The third-order valence-corrected chi connectivity index (χ3v) is 5.98. The molecule has 0 bridgehead atoms. The first-order valence-corrected chi connectivity index (χ1v) is 10.1. The van der Waals surface area contributed by atoms with Crippen LogP contribution in [0.4, 0.5) is 10.7 Å². The van der Waals surface area contributed by atoms with Crippen molar-refractivity contribution in [3.8, 4) is 10.6 Å². The van der Waals surface area contributed by atoms with E-state index in [1.807, 2.05) is 31.2 Å². The van der Waals surface area contributed by atoms with Gasteiger partial charge in [-0.2, -0.15) is 0 Å². The summed E-state index contributed by atoms with van der Waals surface area (Å²) in [6.07, 6.45) is 1.57. The van der Waals surface area contributed by atoms with Crippen LogP contribution in [0.2, 0.25) is 0 Å². The number of nitro benzene ring substituents is 1. The Bertz CT molecular complexity index is 1120. The second-order valence-corrected chi connectivity index (χ2v) is 8.05. The molecule has 0 unspecified atom stereocenters. The number of thiazole rings is 1. The van der Waals surface area contributed by atoms with Gasteiger partial charge >= 0.3 is 0 Å². The molecule has 0 saturated heterocycles. The van der Waals surface area contributed by atoms with Gasteiger partial charge in [0.05, 0.1) is 9.82 Å². The van der Waals surface area contributed by atoms with Crippen molar-refractivity contribution >= 4 is 45.7 Å². The minimum absolute atomic E-state index is 0.0160. The van der Waals surface area contributed by atoms with Crippen LogP contribution in [-0.2, 0) is 0 Å². The second-order valence-electron chi connectivity index (χ2n) is 5.95. The Kier molecular flexibility index (Phi) is 6.30. The van der Waals surface area contributed by atoms with Crippen molar-refractivity contribution in [1.29, 1.82) is 0 Å². The number of hydrogen-bond acceptors (Lipinski definition) is 8. The summed E-state index contributed by atoms with van der Waals surface area (Å²) in [6.45, 7) is 7.31. The third kappa shape index (κ3) is 4.64. The molecule has 0 atom stereocenters. The molecule has 0 spiro atoms. The van der Waals surface area contributed by atoms with Crippen LogP contribution in [0, 0.1) is 21.9 Å². The van der Waals surface area contributed by atoms with E-state index in [1.165, 1.54) is 29.2 Å². The lowest BCUT2D eigenvalue weighted by atomic mass is 10.2. The third-order valence-electron chi connectivity index (χ3n) is 3.89. The number of nitrogens with zero attached hydrogens (tertiary/aromatic N) is 4. The zero-order valence-corrected chi connectivity index (χ0v) is 17.3. The molecular formula is C20H16N4O3S2. The Morgan fingerprint density at radius 1 is 1.28 bits per heavy atom. The number of aryl methyl sites for hydroxylation is 1. The zero-order valence-electron chi connectivity index (χ0n) is 15.7. The molecule has 0 aliphatic rings. The maximum Gasteiger partial charge on any atom is 0.283 e. The van der Waals surface area contributed by atoms with Crippen LogP contribution < -0.4 is 0 Å². The Morgan fingerprint density at radius 2 is 2.00 bits per heavy atom. The molecule has 2 aromatic carbocycles. The summed E-state index contributed by atoms with van der Waals surface area (Å²) in [5, 5.41) is 15.5. The van der Waals surface area contributed by atoms with Crippen LogP contribution in [0.5, 0.6) is 0 Å². The standard InChI is InChI=1S/C20H16N4O3S2/c1-4-21-20-18(13(3)23-25)22-19(29-20)14-7-10-17(16(11-14)24(26)27)28-15-8-5-12(2)6-9-15/h4-11H,3H2,1-2H3/b21-4-. The lowest BCUT2D eigenvalue weighted by Crippen LogP contribution is -1.92. The molecule has 0 fully saturated rings. The Labute approximate surface area is 175 Å². The maximum atomic E-state index is 11.7. The fourth-order valence-corrected chi connectivity index (χ4v) is 4.37. The second kappa shape index (κ2) is 8.89. The summed E-state index contributed by atoms with van der Waals surface area (Å²) in [6, 6.07) is 12.7. The quantitative estimate of drug-likeness (QED) is 0.183. The van der Waals surface area contributed by atoms with Crippen LogP contribution in [0.25, 0.3) is 16.3 Å². The lowest BCUT2D eigenvalue weighted by molar-refractivity contribution is -0.387. The molecule has 0 aliphatic carbocycles. The lowest BCUT2D eigenvalue weighted by Gasteiger charge is -2.05. The molecule has 3 aromatic rings. The summed E-state index contributed by atoms with van der Waals surface area (Å²) in [7, 11) is 0. The number of nitro groups is 1. The predicted octanol–water partition coefficient (Wildman–Crippen LogP) is 6.64. The smallest absolute Gasteiger partial charge is 0.258 e. The number of hydrogen-bond donors (Lipinski definition) is 0. The topological polar surface area (TPSA) is 97.8 Å². The summed E-state index contributed by atoms with van der Waals surface area (Å²) in [5.74, 6) is 0. The van der Waals surface area contributed by atoms with E-state index in [0.717, 1.165) is 10.5 Å². The highest BCUT2D eigenvalue weighted by Gasteiger charge is 2.20. The van der Waals surface area contributed by atoms with Gasteiger partial charge in [-0.25, -0.2) is 9.98 Å². The van der Waals surface area contributed by atoms with E-state index in [2.05, 4.69) is 21.7 Å². The summed E-state index contributed by atoms with van der Waals surface area (Å²) in [5.41, 5.74) is 1.91. The molecule has 0 saturated carbocycles. The van der Waals surface area contributed by atoms with Crippen molar-refractivity contribution in [2.24, 2.45) is 10.2 Å². The average Bonchev–Trinajstić information content (AvgIpc) is 3.13. The number of nitroso groups, excluding NO2 is 1. The van der Waals surface area contributed by atoms with Gasteiger partial charge in [-0.15, -0.1) is 4.91 Å². The SMILES string of the molecule is C=C(N=O)c1nc(-c2ccc(Sc3ccc(C)cc3)c([N+](=O)[O-])c2)sc1/N=C\C. The van der Waals surface area contributed by atoms with Crippen molar-refractivity contribution in [3.63, 3.8) is 0 Å². The van der Waals surface area contributed by atoms with Gasteiger partial charge in [-0.3, -0.25) is 10.1 Å². The van der Waals surface area contributed by atoms with Gasteiger partial charge in [0.15, 0.2) is 0 Å². The van der Waals surface area contributed by atoms with Crippen molar-refractivity contribution in [3.05, 3.63) is 75.3 Å². The molecule has 9 heteroatoms. The van der Waals surface area contributed by atoms with Gasteiger partial charge in [0.2, 0.25) is 0 Å². The Balaban J connectivity index is 2.02. The van der Waals surface area contributed by atoms with Crippen LogP contribution in [0.3, 0.4) is 0 Å². The van der Waals surface area contributed by atoms with Crippen LogP contribution in [-0.4, -0.2) is 16.1 Å². The molecule has 1 heterocycles. The molecule has 146 valence electrons. The highest BCUT2D eigenvalue weighted by Crippen LogP contribution is 2.41. The molecule has 3 rings (SSSR count). The van der Waals surface area contributed by atoms with Crippen molar-refractivity contribution in [1.82, 2.24) is 4.98 Å². The van der Waals surface area contributed by atoms with Crippen LogP contribution in [0.1, 0.15) is 18.2 Å². The summed E-state index contributed by atoms with van der Waals surface area (Å²) < 4.78 is 0. The first-order chi connectivity index (χ1) is 13.9. The van der Waals surface area contributed by atoms with E-state index < -0.39 is 4.92 Å². The van der Waals surface area contributed by atoms with Crippen molar-refractivity contribution < 1.29 is 4.92 Å². The highest BCUT2D eigenvalue weighted by atomic mass is 32.2. The summed E-state index contributed by atoms with van der Waals surface area (Å²) in [4.78, 5) is 32.1.